The van der Waals surface area contributed by atoms with Crippen LogP contribution in [-0.4, -0.2) is 17.1 Å². The first-order valence-electron chi connectivity index (χ1n) is 6.45. The van der Waals surface area contributed by atoms with Crippen molar-refractivity contribution in [3.63, 3.8) is 0 Å². The molecular weight excluding hydrogens is 250 g/mol. The van der Waals surface area contributed by atoms with E-state index in [-0.39, 0.29) is 0 Å². The monoisotopic (exact) mass is 267 g/mol. The number of rotatable bonds is 4. The number of aliphatic hydroxyl groups excluding tert-OH is 1. The van der Waals surface area contributed by atoms with Crippen molar-refractivity contribution in [3.05, 3.63) is 59.3 Å². The van der Waals surface area contributed by atoms with Crippen molar-refractivity contribution < 1.29 is 5.11 Å². The molecule has 4 nitrogen and oxygen atoms in total. The largest absolute Gasteiger partial charge is 0.389 e. The van der Waals surface area contributed by atoms with Gasteiger partial charge in [-0.15, -0.1) is 0 Å². The maximum atomic E-state index is 9.79. The summed E-state index contributed by atoms with van der Waals surface area (Å²) < 4.78 is 0. The molecule has 2 aromatic rings. The third kappa shape index (κ3) is 3.14. The predicted octanol–water partition coefficient (Wildman–Crippen LogP) is 2.64. The van der Waals surface area contributed by atoms with Gasteiger partial charge in [0.25, 0.3) is 0 Å². The molecule has 0 aliphatic rings. The third-order valence-electron chi connectivity index (χ3n) is 3.10. The summed E-state index contributed by atoms with van der Waals surface area (Å²) in [6.07, 6.45) is 1.15. The second-order valence-electron chi connectivity index (χ2n) is 4.76. The highest BCUT2D eigenvalue weighted by Gasteiger charge is 2.12. The van der Waals surface area contributed by atoms with Crippen LogP contribution in [0.1, 0.15) is 29.7 Å². The zero-order valence-electron chi connectivity index (χ0n) is 11.6. The summed E-state index contributed by atoms with van der Waals surface area (Å²) in [4.78, 5) is 6.31. The molecule has 1 heterocycles. The van der Waals surface area contributed by atoms with Crippen molar-refractivity contribution in [3.8, 4) is 6.07 Å². The summed E-state index contributed by atoms with van der Waals surface area (Å²) in [5.41, 5.74) is 2.48. The fraction of sp³-hybridized carbons (Fsp3) is 0.250. The van der Waals surface area contributed by atoms with Crippen LogP contribution in [0.5, 0.6) is 0 Å². The van der Waals surface area contributed by atoms with E-state index in [0.29, 0.717) is 12.1 Å². The molecule has 0 saturated heterocycles. The van der Waals surface area contributed by atoms with Crippen LogP contribution in [0.2, 0.25) is 0 Å². The van der Waals surface area contributed by atoms with E-state index in [1.54, 1.807) is 19.2 Å². The fourth-order valence-electron chi connectivity index (χ4n) is 2.14. The minimum Gasteiger partial charge on any atom is -0.389 e. The molecule has 0 aliphatic carbocycles. The van der Waals surface area contributed by atoms with E-state index in [1.807, 2.05) is 42.3 Å². The van der Waals surface area contributed by atoms with Gasteiger partial charge in [-0.3, -0.25) is 0 Å². The van der Waals surface area contributed by atoms with Gasteiger partial charge in [0.05, 0.1) is 17.7 Å². The van der Waals surface area contributed by atoms with Crippen molar-refractivity contribution in [1.29, 1.82) is 5.26 Å². The van der Waals surface area contributed by atoms with Gasteiger partial charge >= 0.3 is 0 Å². The molecule has 0 fully saturated rings. The van der Waals surface area contributed by atoms with Crippen LogP contribution in [0, 0.1) is 11.3 Å². The first kappa shape index (κ1) is 14.0. The highest BCUT2D eigenvalue weighted by atomic mass is 16.3. The molecule has 1 atom stereocenters. The molecule has 20 heavy (non-hydrogen) atoms. The molecule has 1 aromatic carbocycles. The molecule has 1 N–H and O–H groups in total. The Hall–Kier alpha value is -2.38. The fourth-order valence-corrected chi connectivity index (χ4v) is 2.14. The summed E-state index contributed by atoms with van der Waals surface area (Å²) >= 11 is 0. The molecule has 1 aromatic heterocycles. The van der Waals surface area contributed by atoms with Crippen LogP contribution in [0.15, 0.2) is 42.6 Å². The lowest BCUT2D eigenvalue weighted by molar-refractivity contribution is 0.199. The Balaban J connectivity index is 2.24. The quantitative estimate of drug-likeness (QED) is 0.925. The Morgan fingerprint density at radius 2 is 2.15 bits per heavy atom. The van der Waals surface area contributed by atoms with E-state index < -0.39 is 6.10 Å². The molecule has 4 heteroatoms. The van der Waals surface area contributed by atoms with E-state index >= 15 is 0 Å². The normalized spacial score (nSPS) is 11.7. The highest BCUT2D eigenvalue weighted by Crippen LogP contribution is 2.23. The lowest BCUT2D eigenvalue weighted by Crippen LogP contribution is -2.20. The summed E-state index contributed by atoms with van der Waals surface area (Å²) in [5, 5.41) is 18.7. The number of aromatic nitrogens is 1. The molecule has 102 valence electrons. The molecular formula is C16H17N3O. The SMILES string of the molecule is C[C@@H](O)c1cccnc1N(C)Cc1cccc(C#N)c1. The number of hydrogen-bond acceptors (Lipinski definition) is 4. The summed E-state index contributed by atoms with van der Waals surface area (Å²) in [7, 11) is 1.92. The van der Waals surface area contributed by atoms with Crippen LogP contribution in [0.3, 0.4) is 0 Å². The van der Waals surface area contributed by atoms with Gasteiger partial charge in [-0.2, -0.15) is 5.26 Å². The topological polar surface area (TPSA) is 60.2 Å². The first-order valence-corrected chi connectivity index (χ1v) is 6.45. The number of aliphatic hydroxyl groups is 1. The minimum atomic E-state index is -0.563. The van der Waals surface area contributed by atoms with Gasteiger partial charge in [-0.25, -0.2) is 4.98 Å². The molecule has 0 amide bonds. The van der Waals surface area contributed by atoms with Crippen LogP contribution < -0.4 is 4.90 Å². The van der Waals surface area contributed by atoms with Crippen molar-refractivity contribution in [1.82, 2.24) is 4.98 Å². The number of benzene rings is 1. The zero-order valence-corrected chi connectivity index (χ0v) is 11.6. The van der Waals surface area contributed by atoms with Crippen molar-refractivity contribution in [2.45, 2.75) is 19.6 Å². The van der Waals surface area contributed by atoms with Gasteiger partial charge in [0, 0.05) is 25.4 Å². The molecule has 0 bridgehead atoms. The maximum Gasteiger partial charge on any atom is 0.134 e. The van der Waals surface area contributed by atoms with Crippen molar-refractivity contribution in [2.75, 3.05) is 11.9 Å². The smallest absolute Gasteiger partial charge is 0.134 e. The molecule has 0 aliphatic heterocycles. The first-order chi connectivity index (χ1) is 9.61. The Kier molecular flexibility index (Phi) is 4.34. The van der Waals surface area contributed by atoms with E-state index in [0.717, 1.165) is 16.9 Å². The second kappa shape index (κ2) is 6.18. The lowest BCUT2D eigenvalue weighted by Gasteiger charge is -2.22. The van der Waals surface area contributed by atoms with Gasteiger partial charge < -0.3 is 10.0 Å². The Morgan fingerprint density at radius 3 is 2.85 bits per heavy atom. The summed E-state index contributed by atoms with van der Waals surface area (Å²) in [6, 6.07) is 13.3. The maximum absolute atomic E-state index is 9.79. The summed E-state index contributed by atoms with van der Waals surface area (Å²) in [5.74, 6) is 0.755. The van der Waals surface area contributed by atoms with E-state index in [9.17, 15) is 5.11 Å². The summed E-state index contributed by atoms with van der Waals surface area (Å²) in [6.45, 7) is 2.36. The van der Waals surface area contributed by atoms with Gasteiger partial charge in [0.15, 0.2) is 0 Å². The van der Waals surface area contributed by atoms with Gasteiger partial charge in [-0.1, -0.05) is 18.2 Å². The average molecular weight is 267 g/mol. The highest BCUT2D eigenvalue weighted by molar-refractivity contribution is 5.48. The number of nitriles is 1. The van der Waals surface area contributed by atoms with Gasteiger partial charge in [0.1, 0.15) is 5.82 Å². The number of pyridine rings is 1. The van der Waals surface area contributed by atoms with Crippen molar-refractivity contribution in [2.24, 2.45) is 0 Å². The van der Waals surface area contributed by atoms with E-state index in [2.05, 4.69) is 11.1 Å². The number of hydrogen-bond donors (Lipinski definition) is 1. The van der Waals surface area contributed by atoms with Crippen molar-refractivity contribution >= 4 is 5.82 Å². The Labute approximate surface area is 118 Å². The lowest BCUT2D eigenvalue weighted by atomic mass is 10.1. The van der Waals surface area contributed by atoms with Crippen LogP contribution in [-0.2, 0) is 6.54 Å². The third-order valence-corrected chi connectivity index (χ3v) is 3.10. The average Bonchev–Trinajstić information content (AvgIpc) is 2.47. The van der Waals surface area contributed by atoms with E-state index in [1.165, 1.54) is 0 Å². The molecule has 0 spiro atoms. The molecule has 0 unspecified atom stereocenters. The second-order valence-corrected chi connectivity index (χ2v) is 4.76. The van der Waals surface area contributed by atoms with Crippen LogP contribution in [0.25, 0.3) is 0 Å². The predicted molar refractivity (Wildman–Crippen MR) is 78.1 cm³/mol. The zero-order chi connectivity index (χ0) is 14.5. The molecule has 0 radical (unpaired) electrons. The number of nitrogens with zero attached hydrogens (tertiary/aromatic N) is 3. The number of anilines is 1. The van der Waals surface area contributed by atoms with Gasteiger partial charge in [-0.05, 0) is 30.7 Å². The van der Waals surface area contributed by atoms with Crippen LogP contribution >= 0.6 is 0 Å². The Morgan fingerprint density at radius 1 is 1.35 bits per heavy atom. The van der Waals surface area contributed by atoms with Crippen LogP contribution in [0.4, 0.5) is 5.82 Å². The standard InChI is InChI=1S/C16H17N3O/c1-12(20)15-7-4-8-18-16(15)19(2)11-14-6-3-5-13(9-14)10-17/h3-9,12,20H,11H2,1-2H3/t12-/m1/s1. The molecule has 2 rings (SSSR count). The Bertz CT molecular complexity index is 632. The van der Waals surface area contributed by atoms with Gasteiger partial charge in [0.2, 0.25) is 0 Å². The molecule has 0 saturated carbocycles. The van der Waals surface area contributed by atoms with E-state index in [4.69, 9.17) is 5.26 Å². The minimum absolute atomic E-state index is 0.563.